The van der Waals surface area contributed by atoms with Crippen molar-refractivity contribution in [1.82, 2.24) is 19.5 Å². The van der Waals surface area contributed by atoms with Crippen LogP contribution in [-0.4, -0.2) is 26.6 Å². The zero-order chi connectivity index (χ0) is 45.1. The van der Waals surface area contributed by atoms with E-state index in [1.54, 1.807) is 0 Å². The molecule has 0 atom stereocenters. The standard InChI is InChI=1S/C61H45N5O/c1-61(2,43-25-13-6-14-26-43)55-53(65(3)44-27-15-7-16-28-44)38-37-52-54(55)50-39-42(35-36-51(50)66(52)45-29-17-8-18-30-45)46-31-19-32-47-48-33-20-34-49(57(48)67-56(46)47)60-63-58(40-21-9-4-10-22-40)62-59(64-60)41-23-11-5-12-24-41/h4-39H,1-3H3. The van der Waals surface area contributed by atoms with E-state index in [4.69, 9.17) is 19.4 Å². The molecule has 0 aliphatic carbocycles. The third-order valence-corrected chi connectivity index (χ3v) is 13.3. The first-order valence-electron chi connectivity index (χ1n) is 22.8. The Labute approximate surface area is 389 Å². The Hall–Kier alpha value is -8.61. The lowest BCUT2D eigenvalue weighted by atomic mass is 9.75. The molecule has 0 saturated heterocycles. The van der Waals surface area contributed by atoms with Gasteiger partial charge in [-0.25, -0.2) is 15.0 Å². The lowest BCUT2D eigenvalue weighted by Gasteiger charge is -2.33. The number of fused-ring (bicyclic) bond motifs is 6. The number of hydrogen-bond acceptors (Lipinski definition) is 5. The number of aromatic nitrogens is 4. The van der Waals surface area contributed by atoms with E-state index in [-0.39, 0.29) is 0 Å². The molecule has 3 heterocycles. The van der Waals surface area contributed by atoms with Crippen LogP contribution in [0.25, 0.3) is 94.7 Å². The van der Waals surface area contributed by atoms with Gasteiger partial charge in [0.2, 0.25) is 0 Å². The molecule has 12 aromatic rings. The summed E-state index contributed by atoms with van der Waals surface area (Å²) in [5, 5.41) is 4.41. The number of furan rings is 1. The second-order valence-corrected chi connectivity index (χ2v) is 17.6. The molecule has 320 valence electrons. The maximum atomic E-state index is 7.11. The SMILES string of the molecule is CN(c1ccccc1)c1ccc2c(c1C(C)(C)c1ccccc1)c1cc(-c3cccc4c3oc3c(-c5nc(-c6ccccc6)nc(-c6ccccc6)n5)cccc34)ccc1n2-c1ccccc1. The second kappa shape index (κ2) is 16.1. The second-order valence-electron chi connectivity index (χ2n) is 17.6. The lowest BCUT2D eigenvalue weighted by molar-refractivity contribution is 0.647. The maximum Gasteiger partial charge on any atom is 0.167 e. The Morgan fingerprint density at radius 1 is 0.448 bits per heavy atom. The molecule has 0 aliphatic heterocycles. The lowest BCUT2D eigenvalue weighted by Crippen LogP contribution is -2.24. The number of anilines is 2. The van der Waals surface area contributed by atoms with Crippen molar-refractivity contribution in [2.24, 2.45) is 0 Å². The first kappa shape index (κ1) is 39.9. The van der Waals surface area contributed by atoms with Crippen LogP contribution in [0.1, 0.15) is 25.0 Å². The van der Waals surface area contributed by atoms with E-state index in [0.29, 0.717) is 17.5 Å². The largest absolute Gasteiger partial charge is 0.455 e. The van der Waals surface area contributed by atoms with Gasteiger partial charge in [0.25, 0.3) is 0 Å². The van der Waals surface area contributed by atoms with Crippen LogP contribution in [0.15, 0.2) is 223 Å². The van der Waals surface area contributed by atoms with Crippen molar-refractivity contribution in [2.75, 3.05) is 11.9 Å². The molecule has 0 fully saturated rings. The number of benzene rings is 9. The normalized spacial score (nSPS) is 11.8. The Balaban J connectivity index is 1.10. The summed E-state index contributed by atoms with van der Waals surface area (Å²) in [7, 11) is 2.18. The Morgan fingerprint density at radius 2 is 0.970 bits per heavy atom. The number of hydrogen-bond donors (Lipinski definition) is 0. The molecule has 0 spiro atoms. The van der Waals surface area contributed by atoms with Crippen LogP contribution in [0.4, 0.5) is 11.4 Å². The smallest absolute Gasteiger partial charge is 0.167 e. The zero-order valence-corrected chi connectivity index (χ0v) is 37.4. The van der Waals surface area contributed by atoms with Crippen LogP contribution in [0, 0.1) is 0 Å². The maximum absolute atomic E-state index is 7.11. The van der Waals surface area contributed by atoms with Gasteiger partial charge in [-0.05, 0) is 71.3 Å². The molecule has 0 saturated carbocycles. The molecule has 6 nitrogen and oxygen atoms in total. The average Bonchev–Trinajstić information content (AvgIpc) is 3.95. The molecule has 9 aromatic carbocycles. The topological polar surface area (TPSA) is 60.0 Å². The van der Waals surface area contributed by atoms with Crippen LogP contribution in [0.2, 0.25) is 0 Å². The minimum absolute atomic E-state index is 0.393. The predicted octanol–water partition coefficient (Wildman–Crippen LogP) is 15.6. The van der Waals surface area contributed by atoms with Crippen molar-refractivity contribution in [1.29, 1.82) is 0 Å². The van der Waals surface area contributed by atoms with Gasteiger partial charge in [0.05, 0.1) is 16.6 Å². The summed E-state index contributed by atoms with van der Waals surface area (Å²) in [5.74, 6) is 1.77. The molecule has 67 heavy (non-hydrogen) atoms. The van der Waals surface area contributed by atoms with Crippen molar-refractivity contribution in [3.05, 3.63) is 230 Å². The van der Waals surface area contributed by atoms with E-state index in [0.717, 1.165) is 77.9 Å². The predicted molar refractivity (Wildman–Crippen MR) is 276 cm³/mol. The average molecular weight is 864 g/mol. The van der Waals surface area contributed by atoms with Gasteiger partial charge >= 0.3 is 0 Å². The van der Waals surface area contributed by atoms with E-state index in [9.17, 15) is 0 Å². The minimum Gasteiger partial charge on any atom is -0.455 e. The molecular weight excluding hydrogens is 819 g/mol. The van der Waals surface area contributed by atoms with E-state index in [1.165, 1.54) is 21.9 Å². The monoisotopic (exact) mass is 863 g/mol. The summed E-state index contributed by atoms with van der Waals surface area (Å²) < 4.78 is 9.53. The number of nitrogens with zero attached hydrogens (tertiary/aromatic N) is 5. The highest BCUT2D eigenvalue weighted by atomic mass is 16.3. The van der Waals surface area contributed by atoms with Gasteiger partial charge in [-0.2, -0.15) is 0 Å². The van der Waals surface area contributed by atoms with Gasteiger partial charge < -0.3 is 13.9 Å². The summed E-state index contributed by atoms with van der Waals surface area (Å²) in [6.07, 6.45) is 0. The fraction of sp³-hybridized carbons (Fsp3) is 0.0656. The van der Waals surface area contributed by atoms with Gasteiger partial charge in [-0.1, -0.05) is 178 Å². The Morgan fingerprint density at radius 3 is 1.60 bits per heavy atom. The molecule has 0 N–H and O–H groups in total. The molecule has 12 rings (SSSR count). The van der Waals surface area contributed by atoms with Crippen LogP contribution < -0.4 is 4.90 Å². The molecule has 0 amide bonds. The molecule has 0 aliphatic rings. The summed E-state index contributed by atoms with van der Waals surface area (Å²) >= 11 is 0. The van der Waals surface area contributed by atoms with Crippen molar-refractivity contribution in [3.8, 4) is 51.0 Å². The van der Waals surface area contributed by atoms with E-state index < -0.39 is 5.41 Å². The van der Waals surface area contributed by atoms with Crippen molar-refractivity contribution in [3.63, 3.8) is 0 Å². The fourth-order valence-corrected chi connectivity index (χ4v) is 9.98. The first-order chi connectivity index (χ1) is 32.9. The van der Waals surface area contributed by atoms with Crippen molar-refractivity contribution < 1.29 is 4.42 Å². The molecule has 3 aromatic heterocycles. The van der Waals surface area contributed by atoms with Crippen LogP contribution >= 0.6 is 0 Å². The minimum atomic E-state index is -0.393. The van der Waals surface area contributed by atoms with Crippen LogP contribution in [-0.2, 0) is 5.41 Å². The highest BCUT2D eigenvalue weighted by molar-refractivity contribution is 6.16. The van der Waals surface area contributed by atoms with Crippen molar-refractivity contribution in [2.45, 2.75) is 19.3 Å². The van der Waals surface area contributed by atoms with Gasteiger partial charge in [0.1, 0.15) is 11.2 Å². The molecular formula is C61H45N5O. The van der Waals surface area contributed by atoms with Crippen molar-refractivity contribution >= 4 is 55.1 Å². The molecule has 0 unspecified atom stereocenters. The summed E-state index contributed by atoms with van der Waals surface area (Å²) in [6, 6.07) is 76.6. The molecule has 0 bridgehead atoms. The summed E-state index contributed by atoms with van der Waals surface area (Å²) in [5.41, 5.74) is 14.0. The first-order valence-corrected chi connectivity index (χ1v) is 22.8. The zero-order valence-electron chi connectivity index (χ0n) is 37.4. The Bertz CT molecular complexity index is 3710. The fourth-order valence-electron chi connectivity index (χ4n) is 9.98. The van der Waals surface area contributed by atoms with E-state index >= 15 is 0 Å². The quantitative estimate of drug-likeness (QED) is 0.145. The van der Waals surface area contributed by atoms with Gasteiger partial charge in [-0.15, -0.1) is 0 Å². The van der Waals surface area contributed by atoms with Gasteiger partial charge in [0.15, 0.2) is 17.5 Å². The van der Waals surface area contributed by atoms with Crippen LogP contribution in [0.3, 0.4) is 0 Å². The number of rotatable bonds is 9. The van der Waals surface area contributed by atoms with Crippen LogP contribution in [0.5, 0.6) is 0 Å². The third kappa shape index (κ3) is 6.76. The summed E-state index contributed by atoms with van der Waals surface area (Å²) in [6.45, 7) is 4.72. The molecule has 0 radical (unpaired) electrons. The highest BCUT2D eigenvalue weighted by Crippen LogP contribution is 2.49. The van der Waals surface area contributed by atoms with E-state index in [2.05, 4.69) is 182 Å². The highest BCUT2D eigenvalue weighted by Gasteiger charge is 2.32. The molecule has 6 heteroatoms. The van der Waals surface area contributed by atoms with Gasteiger partial charge in [0, 0.05) is 67.8 Å². The Kier molecular flexibility index (Phi) is 9.61. The number of para-hydroxylation sites is 4. The summed E-state index contributed by atoms with van der Waals surface area (Å²) in [4.78, 5) is 17.5. The van der Waals surface area contributed by atoms with E-state index in [1.807, 2.05) is 66.7 Å². The third-order valence-electron chi connectivity index (χ3n) is 13.3. The van der Waals surface area contributed by atoms with Gasteiger partial charge in [-0.3, -0.25) is 0 Å².